The summed E-state index contributed by atoms with van der Waals surface area (Å²) < 4.78 is 5.03. The molecule has 1 saturated heterocycles. The van der Waals surface area contributed by atoms with Gasteiger partial charge in [0.05, 0.1) is 22.1 Å². The van der Waals surface area contributed by atoms with Crippen molar-refractivity contribution in [3.63, 3.8) is 0 Å². The van der Waals surface area contributed by atoms with Crippen LogP contribution in [-0.2, 0) is 9.59 Å². The molecule has 2 N–H and O–H groups in total. The fourth-order valence-electron chi connectivity index (χ4n) is 1.80. The zero-order chi connectivity index (χ0) is 16.4. The van der Waals surface area contributed by atoms with E-state index in [9.17, 15) is 14.4 Å². The van der Waals surface area contributed by atoms with E-state index in [-0.39, 0.29) is 15.0 Å². The van der Waals surface area contributed by atoms with E-state index in [0.717, 1.165) is 4.90 Å². The molecule has 116 valence electrons. The molecule has 1 aromatic carbocycles. The van der Waals surface area contributed by atoms with E-state index in [1.54, 1.807) is 12.1 Å². The van der Waals surface area contributed by atoms with Crippen LogP contribution >= 0.6 is 35.0 Å². The molecule has 1 aliphatic rings. The van der Waals surface area contributed by atoms with Gasteiger partial charge in [0.25, 0.3) is 11.1 Å². The molecule has 0 spiro atoms. The lowest BCUT2D eigenvalue weighted by Crippen LogP contribution is -2.36. The molecule has 0 unspecified atom stereocenters. The summed E-state index contributed by atoms with van der Waals surface area (Å²) >= 11 is 12.7. The number of nitrogens with two attached hydrogens (primary N) is 1. The Morgan fingerprint density at radius 3 is 2.45 bits per heavy atom. The Labute approximate surface area is 140 Å². The Morgan fingerprint density at radius 2 is 1.95 bits per heavy atom. The normalized spacial score (nSPS) is 16.5. The van der Waals surface area contributed by atoms with Crippen LogP contribution in [0.5, 0.6) is 5.75 Å². The van der Waals surface area contributed by atoms with Gasteiger partial charge in [-0.05, 0) is 35.5 Å². The van der Waals surface area contributed by atoms with Crippen LogP contribution in [0.1, 0.15) is 5.56 Å². The summed E-state index contributed by atoms with van der Waals surface area (Å²) in [5.41, 5.74) is 5.53. The van der Waals surface area contributed by atoms with Gasteiger partial charge in [-0.2, -0.15) is 0 Å². The largest absolute Gasteiger partial charge is 0.494 e. The number of thioether (sulfide) groups is 1. The molecule has 0 atom stereocenters. The molecule has 3 amide bonds. The van der Waals surface area contributed by atoms with Gasteiger partial charge >= 0.3 is 0 Å². The number of hydrogen-bond acceptors (Lipinski definition) is 5. The molecule has 0 radical (unpaired) electrons. The van der Waals surface area contributed by atoms with E-state index in [1.807, 2.05) is 0 Å². The Bertz CT molecular complexity index is 682. The molecular weight excluding hydrogens is 351 g/mol. The van der Waals surface area contributed by atoms with E-state index in [2.05, 4.69) is 0 Å². The molecule has 6 nitrogen and oxygen atoms in total. The van der Waals surface area contributed by atoms with Gasteiger partial charge in [0.15, 0.2) is 5.75 Å². The Hall–Kier alpha value is -1.70. The number of rotatable bonds is 4. The first-order valence-electron chi connectivity index (χ1n) is 5.90. The third kappa shape index (κ3) is 3.37. The summed E-state index contributed by atoms with van der Waals surface area (Å²) in [6.45, 7) is -0.452. The highest BCUT2D eigenvalue weighted by Gasteiger charge is 2.35. The molecule has 22 heavy (non-hydrogen) atoms. The smallest absolute Gasteiger partial charge is 0.294 e. The molecular formula is C13H10Cl2N2O4S. The van der Waals surface area contributed by atoms with E-state index in [0.29, 0.717) is 23.1 Å². The van der Waals surface area contributed by atoms with E-state index < -0.39 is 23.6 Å². The first kappa shape index (κ1) is 16.7. The molecule has 1 fully saturated rings. The maximum absolute atomic E-state index is 12.1. The van der Waals surface area contributed by atoms with Gasteiger partial charge in [0.1, 0.15) is 6.54 Å². The zero-order valence-corrected chi connectivity index (χ0v) is 13.6. The van der Waals surface area contributed by atoms with Crippen LogP contribution < -0.4 is 10.5 Å². The number of amides is 3. The van der Waals surface area contributed by atoms with Crippen LogP contribution in [0.25, 0.3) is 6.08 Å². The fraction of sp³-hybridized carbons (Fsp3) is 0.154. The number of benzene rings is 1. The van der Waals surface area contributed by atoms with Crippen molar-refractivity contribution in [1.82, 2.24) is 4.90 Å². The minimum Gasteiger partial charge on any atom is -0.494 e. The van der Waals surface area contributed by atoms with Crippen LogP contribution in [0.15, 0.2) is 17.0 Å². The summed E-state index contributed by atoms with van der Waals surface area (Å²) in [4.78, 5) is 35.6. The van der Waals surface area contributed by atoms with Crippen molar-refractivity contribution in [1.29, 1.82) is 0 Å². The van der Waals surface area contributed by atoms with Crippen molar-refractivity contribution in [3.8, 4) is 5.75 Å². The van der Waals surface area contributed by atoms with Gasteiger partial charge in [-0.3, -0.25) is 19.3 Å². The van der Waals surface area contributed by atoms with Gasteiger partial charge in [-0.1, -0.05) is 23.2 Å². The van der Waals surface area contributed by atoms with E-state index in [1.165, 1.54) is 13.2 Å². The van der Waals surface area contributed by atoms with E-state index >= 15 is 0 Å². The molecule has 0 bridgehead atoms. The van der Waals surface area contributed by atoms with Crippen molar-refractivity contribution in [2.24, 2.45) is 5.73 Å². The topological polar surface area (TPSA) is 89.7 Å². The number of carbonyl (C=O) groups is 3. The summed E-state index contributed by atoms with van der Waals surface area (Å²) in [5, 5.41) is -0.00372. The second kappa shape index (κ2) is 6.60. The highest BCUT2D eigenvalue weighted by molar-refractivity contribution is 8.18. The monoisotopic (exact) mass is 360 g/mol. The third-order valence-corrected chi connectivity index (χ3v) is 4.18. The molecule has 1 aliphatic heterocycles. The third-order valence-electron chi connectivity index (χ3n) is 2.71. The van der Waals surface area contributed by atoms with Crippen LogP contribution in [0.4, 0.5) is 4.79 Å². The van der Waals surface area contributed by atoms with Crippen molar-refractivity contribution >= 4 is 58.1 Å². The average Bonchev–Trinajstić information content (AvgIpc) is 2.66. The number of carbonyl (C=O) groups excluding carboxylic acids is 3. The minimum atomic E-state index is -0.765. The lowest BCUT2D eigenvalue weighted by atomic mass is 10.2. The van der Waals surface area contributed by atoms with Gasteiger partial charge in [0.2, 0.25) is 5.91 Å². The average molecular weight is 361 g/mol. The van der Waals surface area contributed by atoms with Gasteiger partial charge in [-0.25, -0.2) is 0 Å². The quantitative estimate of drug-likeness (QED) is 0.833. The standard InChI is InChI=1S/C13H10Cl2N2O4S/c1-21-11-7(14)2-6(3-8(11)15)4-9-12(19)17(5-10(16)18)13(20)22-9/h2-4H,5H2,1H3,(H2,16,18)/b9-4-. The first-order chi connectivity index (χ1) is 10.3. The van der Waals surface area contributed by atoms with Crippen molar-refractivity contribution < 1.29 is 19.1 Å². The number of methoxy groups -OCH3 is 1. The van der Waals surface area contributed by atoms with Crippen molar-refractivity contribution in [2.75, 3.05) is 13.7 Å². The Balaban J connectivity index is 2.33. The predicted octanol–water partition coefficient (Wildman–Crippen LogP) is 2.52. The number of ether oxygens (including phenoxy) is 1. The predicted molar refractivity (Wildman–Crippen MR) is 84.9 cm³/mol. The minimum absolute atomic E-state index is 0.156. The molecule has 0 saturated carbocycles. The fourth-order valence-corrected chi connectivity index (χ4v) is 3.30. The van der Waals surface area contributed by atoms with Crippen LogP contribution in [-0.4, -0.2) is 35.6 Å². The molecule has 0 aliphatic carbocycles. The van der Waals surface area contributed by atoms with Crippen LogP contribution in [0.2, 0.25) is 10.0 Å². The number of primary amides is 1. The maximum atomic E-state index is 12.1. The molecule has 2 rings (SSSR count). The van der Waals surface area contributed by atoms with E-state index in [4.69, 9.17) is 33.7 Å². The molecule has 9 heteroatoms. The van der Waals surface area contributed by atoms with Gasteiger partial charge in [-0.15, -0.1) is 0 Å². The number of nitrogens with zero attached hydrogens (tertiary/aromatic N) is 1. The summed E-state index contributed by atoms with van der Waals surface area (Å²) in [6, 6.07) is 3.10. The van der Waals surface area contributed by atoms with Gasteiger partial charge < -0.3 is 10.5 Å². The number of imide groups is 1. The van der Waals surface area contributed by atoms with Crippen LogP contribution in [0.3, 0.4) is 0 Å². The zero-order valence-electron chi connectivity index (χ0n) is 11.3. The van der Waals surface area contributed by atoms with Crippen molar-refractivity contribution in [3.05, 3.63) is 32.6 Å². The number of halogens is 2. The second-order valence-electron chi connectivity index (χ2n) is 4.25. The lowest BCUT2D eigenvalue weighted by molar-refractivity contribution is -0.127. The maximum Gasteiger partial charge on any atom is 0.294 e. The second-order valence-corrected chi connectivity index (χ2v) is 6.06. The summed E-state index contributed by atoms with van der Waals surface area (Å²) in [6.07, 6.45) is 1.46. The van der Waals surface area contributed by atoms with Gasteiger partial charge in [0, 0.05) is 0 Å². The molecule has 0 aromatic heterocycles. The van der Waals surface area contributed by atoms with Crippen molar-refractivity contribution in [2.45, 2.75) is 0 Å². The summed E-state index contributed by atoms with van der Waals surface area (Å²) in [5.74, 6) is -1.03. The molecule has 1 heterocycles. The highest BCUT2D eigenvalue weighted by Crippen LogP contribution is 2.37. The first-order valence-corrected chi connectivity index (χ1v) is 7.47. The Kier molecular flexibility index (Phi) is 5.00. The SMILES string of the molecule is COc1c(Cl)cc(/C=C2\SC(=O)N(CC(N)=O)C2=O)cc1Cl. The number of hydrogen-bond donors (Lipinski definition) is 1. The van der Waals surface area contributed by atoms with Crippen LogP contribution in [0, 0.1) is 0 Å². The summed E-state index contributed by atoms with van der Waals surface area (Å²) in [7, 11) is 1.43. The molecule has 1 aromatic rings. The Morgan fingerprint density at radius 1 is 1.36 bits per heavy atom. The highest BCUT2D eigenvalue weighted by atomic mass is 35.5. The lowest BCUT2D eigenvalue weighted by Gasteiger charge is -2.09.